The third-order valence-corrected chi connectivity index (χ3v) is 2.39. The molecule has 20 heavy (non-hydrogen) atoms. The van der Waals surface area contributed by atoms with Crippen molar-refractivity contribution in [2.24, 2.45) is 0 Å². The molecule has 0 heterocycles. The Morgan fingerprint density at radius 3 is 2.40 bits per heavy atom. The summed E-state index contributed by atoms with van der Waals surface area (Å²) >= 11 is 0. The number of methoxy groups -OCH3 is 2. The maximum absolute atomic E-state index is 11.6. The predicted octanol–water partition coefficient (Wildman–Crippen LogP) is 2.22. The van der Waals surface area contributed by atoms with Crippen molar-refractivity contribution < 1.29 is 24.1 Å². The largest absolute Gasteiger partial charge is 0.497 e. The van der Waals surface area contributed by atoms with Crippen molar-refractivity contribution >= 4 is 6.09 Å². The predicted molar refractivity (Wildman–Crippen MR) is 73.9 cm³/mol. The molecule has 1 aromatic rings. The van der Waals surface area contributed by atoms with E-state index in [9.17, 15) is 9.90 Å². The number of hydrogen-bond donors (Lipinski definition) is 2. The number of alkyl carbamates (subject to hydrolysis) is 1. The number of nitrogens with one attached hydrogen (secondary N) is 1. The van der Waals surface area contributed by atoms with Crippen LogP contribution in [0.1, 0.15) is 32.6 Å². The molecule has 0 bridgehead atoms. The van der Waals surface area contributed by atoms with Crippen LogP contribution in [0.2, 0.25) is 0 Å². The molecule has 1 aromatic carbocycles. The summed E-state index contributed by atoms with van der Waals surface area (Å²) in [4.78, 5) is 11.6. The van der Waals surface area contributed by atoms with Crippen molar-refractivity contribution in [2.45, 2.75) is 32.6 Å². The van der Waals surface area contributed by atoms with Crippen molar-refractivity contribution in [3.05, 3.63) is 23.8 Å². The van der Waals surface area contributed by atoms with Gasteiger partial charge in [0.05, 0.1) is 14.2 Å². The summed E-state index contributed by atoms with van der Waals surface area (Å²) in [5, 5.41) is 12.4. The van der Waals surface area contributed by atoms with Crippen LogP contribution in [0.15, 0.2) is 18.2 Å². The maximum atomic E-state index is 11.6. The Bertz CT molecular complexity index is 467. The lowest BCUT2D eigenvalue weighted by atomic mass is 10.1. The van der Waals surface area contributed by atoms with Crippen LogP contribution >= 0.6 is 0 Å². The van der Waals surface area contributed by atoms with E-state index in [0.29, 0.717) is 17.1 Å². The quantitative estimate of drug-likeness (QED) is 0.828. The standard InChI is InChI=1S/C14H21NO5/c1-14(2,3)20-13(17)15-12(16)10-7-6-9(18-4)8-11(10)19-5/h6-8,12,16H,1-5H3,(H,15,17). The second-order valence-electron chi connectivity index (χ2n) is 5.16. The van der Waals surface area contributed by atoms with Crippen LogP contribution in [0.4, 0.5) is 4.79 Å². The van der Waals surface area contributed by atoms with E-state index in [-0.39, 0.29) is 0 Å². The third kappa shape index (κ3) is 4.62. The second kappa shape index (κ2) is 6.47. The minimum absolute atomic E-state index is 0.410. The molecule has 0 aromatic heterocycles. The van der Waals surface area contributed by atoms with E-state index < -0.39 is 17.9 Å². The fourth-order valence-corrected chi connectivity index (χ4v) is 1.54. The normalized spacial score (nSPS) is 12.5. The van der Waals surface area contributed by atoms with Crippen LogP contribution in [0.25, 0.3) is 0 Å². The Morgan fingerprint density at radius 1 is 1.25 bits per heavy atom. The number of benzene rings is 1. The van der Waals surface area contributed by atoms with E-state index in [2.05, 4.69) is 5.32 Å². The highest BCUT2D eigenvalue weighted by Crippen LogP contribution is 2.28. The van der Waals surface area contributed by atoms with Gasteiger partial charge in [-0.05, 0) is 32.9 Å². The van der Waals surface area contributed by atoms with Crippen LogP contribution in [0.5, 0.6) is 11.5 Å². The summed E-state index contributed by atoms with van der Waals surface area (Å²) in [5.74, 6) is 1.00. The molecule has 0 fully saturated rings. The van der Waals surface area contributed by atoms with Crippen LogP contribution < -0.4 is 14.8 Å². The Morgan fingerprint density at radius 2 is 1.90 bits per heavy atom. The highest BCUT2D eigenvalue weighted by Gasteiger charge is 2.21. The average Bonchev–Trinajstić information content (AvgIpc) is 2.35. The summed E-state index contributed by atoms with van der Waals surface area (Å²) < 4.78 is 15.3. The maximum Gasteiger partial charge on any atom is 0.409 e. The fourth-order valence-electron chi connectivity index (χ4n) is 1.54. The number of aliphatic hydroxyl groups excluding tert-OH is 1. The Hall–Kier alpha value is -1.95. The molecular formula is C14H21NO5. The Labute approximate surface area is 118 Å². The van der Waals surface area contributed by atoms with Crippen LogP contribution in [0.3, 0.4) is 0 Å². The summed E-state index contributed by atoms with van der Waals surface area (Å²) in [5.41, 5.74) is -0.215. The molecule has 1 unspecified atom stereocenters. The molecule has 1 rings (SSSR count). The zero-order valence-corrected chi connectivity index (χ0v) is 12.4. The first-order chi connectivity index (χ1) is 9.26. The molecule has 0 aliphatic heterocycles. The number of carbonyl (C=O) groups is 1. The minimum atomic E-state index is -1.23. The van der Waals surface area contributed by atoms with Gasteiger partial charge in [-0.3, -0.25) is 5.32 Å². The smallest absolute Gasteiger partial charge is 0.409 e. The molecule has 0 saturated heterocycles. The summed E-state index contributed by atoms with van der Waals surface area (Å²) in [6.45, 7) is 5.23. The molecule has 0 radical (unpaired) electrons. The third-order valence-electron chi connectivity index (χ3n) is 2.39. The molecule has 0 saturated carbocycles. The van der Waals surface area contributed by atoms with Crippen molar-refractivity contribution in [3.63, 3.8) is 0 Å². The van der Waals surface area contributed by atoms with Gasteiger partial charge in [-0.15, -0.1) is 0 Å². The van der Waals surface area contributed by atoms with E-state index in [0.717, 1.165) is 0 Å². The van der Waals surface area contributed by atoms with Gasteiger partial charge >= 0.3 is 6.09 Å². The first-order valence-electron chi connectivity index (χ1n) is 6.16. The van der Waals surface area contributed by atoms with Crippen molar-refractivity contribution in [1.29, 1.82) is 0 Å². The van der Waals surface area contributed by atoms with Gasteiger partial charge in [0.15, 0.2) is 6.23 Å². The Kier molecular flexibility index (Phi) is 5.21. The number of rotatable bonds is 4. The van der Waals surface area contributed by atoms with Gasteiger partial charge in [0, 0.05) is 11.6 Å². The number of hydrogen-bond acceptors (Lipinski definition) is 5. The minimum Gasteiger partial charge on any atom is -0.497 e. The zero-order chi connectivity index (χ0) is 15.3. The number of aliphatic hydroxyl groups is 1. The number of ether oxygens (including phenoxy) is 3. The average molecular weight is 283 g/mol. The molecule has 1 amide bonds. The lowest BCUT2D eigenvalue weighted by molar-refractivity contribution is 0.0352. The van der Waals surface area contributed by atoms with Crippen molar-refractivity contribution in [3.8, 4) is 11.5 Å². The molecule has 0 aliphatic rings. The van der Waals surface area contributed by atoms with E-state index in [1.54, 1.807) is 39.0 Å². The van der Waals surface area contributed by atoms with Gasteiger partial charge in [-0.25, -0.2) is 4.79 Å². The van der Waals surface area contributed by atoms with Gasteiger partial charge < -0.3 is 19.3 Å². The molecule has 0 aliphatic carbocycles. The SMILES string of the molecule is COc1ccc(C(O)NC(=O)OC(C)(C)C)c(OC)c1. The molecule has 0 spiro atoms. The van der Waals surface area contributed by atoms with Crippen molar-refractivity contribution in [1.82, 2.24) is 5.32 Å². The van der Waals surface area contributed by atoms with E-state index in [1.165, 1.54) is 14.2 Å². The monoisotopic (exact) mass is 283 g/mol. The molecule has 6 heteroatoms. The lowest BCUT2D eigenvalue weighted by Crippen LogP contribution is -2.35. The van der Waals surface area contributed by atoms with Gasteiger partial charge in [0.2, 0.25) is 0 Å². The van der Waals surface area contributed by atoms with E-state index in [4.69, 9.17) is 14.2 Å². The topological polar surface area (TPSA) is 77.0 Å². The fraction of sp³-hybridized carbons (Fsp3) is 0.500. The highest BCUT2D eigenvalue weighted by molar-refractivity contribution is 5.68. The van der Waals surface area contributed by atoms with Crippen LogP contribution in [-0.4, -0.2) is 31.0 Å². The molecule has 6 nitrogen and oxygen atoms in total. The lowest BCUT2D eigenvalue weighted by Gasteiger charge is -2.22. The first kappa shape index (κ1) is 16.1. The number of amides is 1. The molecule has 1 atom stereocenters. The van der Waals surface area contributed by atoms with Gasteiger partial charge in [-0.1, -0.05) is 0 Å². The van der Waals surface area contributed by atoms with Crippen LogP contribution in [-0.2, 0) is 4.74 Å². The van der Waals surface area contributed by atoms with E-state index in [1.807, 2.05) is 0 Å². The van der Waals surface area contributed by atoms with Crippen molar-refractivity contribution in [2.75, 3.05) is 14.2 Å². The first-order valence-corrected chi connectivity index (χ1v) is 6.16. The summed E-state index contributed by atoms with van der Waals surface area (Å²) in [7, 11) is 3.00. The molecule has 2 N–H and O–H groups in total. The molecular weight excluding hydrogens is 262 g/mol. The highest BCUT2D eigenvalue weighted by atomic mass is 16.6. The molecule has 112 valence electrons. The summed E-state index contributed by atoms with van der Waals surface area (Å²) in [6.07, 6.45) is -1.94. The zero-order valence-electron chi connectivity index (χ0n) is 12.4. The second-order valence-corrected chi connectivity index (χ2v) is 5.16. The number of carbonyl (C=O) groups excluding carboxylic acids is 1. The van der Waals surface area contributed by atoms with Gasteiger partial charge in [0.1, 0.15) is 17.1 Å². The summed E-state index contributed by atoms with van der Waals surface area (Å²) in [6, 6.07) is 4.90. The van der Waals surface area contributed by atoms with E-state index >= 15 is 0 Å². The van der Waals surface area contributed by atoms with Crippen LogP contribution in [0, 0.1) is 0 Å². The van der Waals surface area contributed by atoms with Gasteiger partial charge in [-0.2, -0.15) is 0 Å². The Balaban J connectivity index is 2.81. The van der Waals surface area contributed by atoms with Gasteiger partial charge in [0.25, 0.3) is 0 Å².